The molecule has 0 aliphatic rings. The molecule has 0 saturated carbocycles. The minimum absolute atomic E-state index is 0.0869. The van der Waals surface area contributed by atoms with Gasteiger partial charge in [0.1, 0.15) is 0 Å². The van der Waals surface area contributed by atoms with Gasteiger partial charge in [-0.25, -0.2) is 4.57 Å². The Kier molecular flexibility index (Phi) is 2.26. The van der Waals surface area contributed by atoms with Crippen molar-refractivity contribution in [3.63, 3.8) is 0 Å². The second-order valence-corrected chi connectivity index (χ2v) is 3.07. The Labute approximate surface area is 86.2 Å². The van der Waals surface area contributed by atoms with Gasteiger partial charge in [-0.05, 0) is 0 Å². The van der Waals surface area contributed by atoms with E-state index in [1.807, 2.05) is 18.2 Å². The first-order chi connectivity index (χ1) is 7.20. The lowest BCUT2D eigenvalue weighted by molar-refractivity contribution is 0.150. The summed E-state index contributed by atoms with van der Waals surface area (Å²) in [7, 11) is 0. The summed E-state index contributed by atoms with van der Waals surface area (Å²) in [6, 6.07) is 9.02. The third kappa shape index (κ3) is 1.62. The first kappa shape index (κ1) is 9.47. The molecule has 1 aromatic heterocycles. The van der Waals surface area contributed by atoms with Crippen LogP contribution < -0.4 is 11.5 Å². The van der Waals surface area contributed by atoms with Crippen molar-refractivity contribution in [2.45, 2.75) is 6.23 Å². The third-order valence-electron chi connectivity index (χ3n) is 2.09. The molecule has 1 atom stereocenters. The van der Waals surface area contributed by atoms with Crippen molar-refractivity contribution in [2.24, 2.45) is 0 Å². The highest BCUT2D eigenvalue weighted by Crippen LogP contribution is 2.20. The zero-order chi connectivity index (χ0) is 10.8. The van der Waals surface area contributed by atoms with Gasteiger partial charge in [0.2, 0.25) is 11.9 Å². The van der Waals surface area contributed by atoms with Crippen LogP contribution >= 0.6 is 0 Å². The molecule has 6 heteroatoms. The molecule has 0 unspecified atom stereocenters. The van der Waals surface area contributed by atoms with E-state index in [1.165, 1.54) is 4.57 Å². The van der Waals surface area contributed by atoms with Crippen molar-refractivity contribution < 1.29 is 5.11 Å². The van der Waals surface area contributed by atoms with Gasteiger partial charge >= 0.3 is 0 Å². The average Bonchev–Trinajstić information content (AvgIpc) is 2.59. The quantitative estimate of drug-likeness (QED) is 0.639. The molecule has 2 aromatic rings. The van der Waals surface area contributed by atoms with Crippen molar-refractivity contribution in [3.05, 3.63) is 35.9 Å². The number of anilines is 2. The van der Waals surface area contributed by atoms with Crippen LogP contribution in [0, 0.1) is 0 Å². The summed E-state index contributed by atoms with van der Waals surface area (Å²) in [5.74, 6) is 0.174. The van der Waals surface area contributed by atoms with Crippen LogP contribution in [0.5, 0.6) is 0 Å². The van der Waals surface area contributed by atoms with E-state index in [0.717, 1.165) is 0 Å². The molecule has 0 aliphatic heterocycles. The molecule has 1 aromatic carbocycles. The Bertz CT molecular complexity index is 433. The molecule has 5 N–H and O–H groups in total. The number of nitrogens with two attached hydrogens (primary N) is 2. The number of benzene rings is 1. The normalized spacial score (nSPS) is 12.6. The molecule has 6 nitrogen and oxygen atoms in total. The molecule has 78 valence electrons. The third-order valence-corrected chi connectivity index (χ3v) is 2.09. The fourth-order valence-electron chi connectivity index (χ4n) is 1.34. The Morgan fingerprint density at radius 2 is 1.60 bits per heavy atom. The molecule has 0 spiro atoms. The van der Waals surface area contributed by atoms with Gasteiger partial charge in [-0.2, -0.15) is 0 Å². The van der Waals surface area contributed by atoms with Crippen molar-refractivity contribution in [1.82, 2.24) is 14.8 Å². The van der Waals surface area contributed by atoms with Crippen LogP contribution in [0.25, 0.3) is 0 Å². The maximum absolute atomic E-state index is 9.97. The van der Waals surface area contributed by atoms with E-state index in [-0.39, 0.29) is 11.9 Å². The zero-order valence-electron chi connectivity index (χ0n) is 7.91. The first-order valence-electron chi connectivity index (χ1n) is 4.39. The summed E-state index contributed by atoms with van der Waals surface area (Å²) in [5.41, 5.74) is 11.7. The van der Waals surface area contributed by atoms with E-state index in [4.69, 9.17) is 11.5 Å². The summed E-state index contributed by atoms with van der Waals surface area (Å²) in [4.78, 5) is 0. The van der Waals surface area contributed by atoms with Crippen molar-refractivity contribution >= 4 is 11.9 Å². The Balaban J connectivity index is 2.41. The van der Waals surface area contributed by atoms with Crippen LogP contribution in [0.4, 0.5) is 11.9 Å². The van der Waals surface area contributed by atoms with Crippen molar-refractivity contribution in [2.75, 3.05) is 11.5 Å². The molecule has 1 heterocycles. The number of nitrogen functional groups attached to an aromatic ring is 2. The summed E-state index contributed by atoms with van der Waals surface area (Å²) < 4.78 is 1.26. The van der Waals surface area contributed by atoms with Crippen LogP contribution in [0.1, 0.15) is 11.8 Å². The van der Waals surface area contributed by atoms with E-state index in [1.54, 1.807) is 12.1 Å². The Morgan fingerprint density at radius 3 is 2.13 bits per heavy atom. The van der Waals surface area contributed by atoms with Crippen LogP contribution in [0.2, 0.25) is 0 Å². The molecule has 15 heavy (non-hydrogen) atoms. The van der Waals surface area contributed by atoms with E-state index in [2.05, 4.69) is 10.2 Å². The predicted molar refractivity (Wildman–Crippen MR) is 55.6 cm³/mol. The van der Waals surface area contributed by atoms with Crippen LogP contribution in [0.15, 0.2) is 30.3 Å². The standard InChI is InChI=1S/C9H11N5O/c10-8-12-13-9(11)14(8)7(15)6-4-2-1-3-5-6/h1-5,7,15H,(H2,10,12)(H2,11,13)/t7-/m1/s1. The highest BCUT2D eigenvalue weighted by Gasteiger charge is 2.16. The lowest BCUT2D eigenvalue weighted by Gasteiger charge is -2.13. The van der Waals surface area contributed by atoms with Gasteiger partial charge in [0.15, 0.2) is 6.23 Å². The molecule has 0 saturated heterocycles. The van der Waals surface area contributed by atoms with Gasteiger partial charge in [-0.1, -0.05) is 30.3 Å². The molecule has 2 rings (SSSR count). The van der Waals surface area contributed by atoms with Gasteiger partial charge in [0.05, 0.1) is 0 Å². The number of nitrogens with zero attached hydrogens (tertiary/aromatic N) is 3. The van der Waals surface area contributed by atoms with E-state index in [9.17, 15) is 5.11 Å². The van der Waals surface area contributed by atoms with Gasteiger partial charge < -0.3 is 16.6 Å². The number of aromatic nitrogens is 3. The second kappa shape index (κ2) is 3.58. The van der Waals surface area contributed by atoms with Gasteiger partial charge in [0.25, 0.3) is 0 Å². The summed E-state index contributed by atoms with van der Waals surface area (Å²) in [6.07, 6.45) is -0.957. The van der Waals surface area contributed by atoms with Crippen LogP contribution in [-0.4, -0.2) is 19.9 Å². The monoisotopic (exact) mass is 205 g/mol. The molecule has 0 amide bonds. The highest BCUT2D eigenvalue weighted by molar-refractivity contribution is 5.32. The zero-order valence-corrected chi connectivity index (χ0v) is 7.91. The average molecular weight is 205 g/mol. The summed E-state index contributed by atoms with van der Waals surface area (Å²) >= 11 is 0. The first-order valence-corrected chi connectivity index (χ1v) is 4.39. The largest absolute Gasteiger partial charge is 0.369 e. The topological polar surface area (TPSA) is 103 Å². The molecule has 0 fully saturated rings. The smallest absolute Gasteiger partial charge is 0.225 e. The van der Waals surface area contributed by atoms with Crippen molar-refractivity contribution in [3.8, 4) is 0 Å². The maximum atomic E-state index is 9.97. The van der Waals surface area contributed by atoms with Gasteiger partial charge in [0, 0.05) is 5.56 Å². The van der Waals surface area contributed by atoms with Crippen LogP contribution in [-0.2, 0) is 0 Å². The van der Waals surface area contributed by atoms with Gasteiger partial charge in [-0.15, -0.1) is 10.2 Å². The number of aliphatic hydroxyl groups is 1. The van der Waals surface area contributed by atoms with Crippen molar-refractivity contribution in [1.29, 1.82) is 0 Å². The number of hydrogen-bond donors (Lipinski definition) is 3. The number of aliphatic hydroxyl groups excluding tert-OH is 1. The fourth-order valence-corrected chi connectivity index (χ4v) is 1.34. The summed E-state index contributed by atoms with van der Waals surface area (Å²) in [6.45, 7) is 0. The summed E-state index contributed by atoms with van der Waals surface area (Å²) in [5, 5.41) is 17.1. The molecular formula is C9H11N5O. The van der Waals surface area contributed by atoms with Crippen LogP contribution in [0.3, 0.4) is 0 Å². The Hall–Kier alpha value is -2.08. The second-order valence-electron chi connectivity index (χ2n) is 3.07. The number of hydrogen-bond acceptors (Lipinski definition) is 5. The van der Waals surface area contributed by atoms with E-state index in [0.29, 0.717) is 5.56 Å². The minimum Gasteiger partial charge on any atom is -0.369 e. The molecular weight excluding hydrogens is 194 g/mol. The fraction of sp³-hybridized carbons (Fsp3) is 0.111. The number of rotatable bonds is 2. The van der Waals surface area contributed by atoms with E-state index < -0.39 is 6.23 Å². The SMILES string of the molecule is Nc1nnc(N)n1[C@H](O)c1ccccc1. The lowest BCUT2D eigenvalue weighted by Crippen LogP contribution is -2.15. The Morgan fingerprint density at radius 1 is 1.07 bits per heavy atom. The molecule has 0 bridgehead atoms. The molecule has 0 radical (unpaired) electrons. The highest BCUT2D eigenvalue weighted by atomic mass is 16.3. The van der Waals surface area contributed by atoms with E-state index >= 15 is 0 Å². The lowest BCUT2D eigenvalue weighted by atomic mass is 10.2. The maximum Gasteiger partial charge on any atom is 0.225 e. The van der Waals surface area contributed by atoms with Gasteiger partial charge in [-0.3, -0.25) is 0 Å². The predicted octanol–water partition coefficient (Wildman–Crippen LogP) is -0.0183. The minimum atomic E-state index is -0.957. The molecule has 0 aliphatic carbocycles.